The maximum absolute atomic E-state index is 4.57. The largest absolute Gasteiger partial charge is 0.256 e. The van der Waals surface area contributed by atoms with Gasteiger partial charge in [-0.05, 0) is 84.9 Å². The lowest BCUT2D eigenvalue weighted by atomic mass is 9.87. The maximum Gasteiger partial charge on any atom is 0.0702 e. The van der Waals surface area contributed by atoms with Gasteiger partial charge in [0, 0.05) is 23.5 Å². The third kappa shape index (κ3) is 3.65. The average molecular weight is 509 g/mol. The Morgan fingerprint density at radius 3 is 1.48 bits per heavy atom. The van der Waals surface area contributed by atoms with E-state index in [4.69, 9.17) is 0 Å². The first kappa shape index (κ1) is 22.6. The molecule has 0 unspecified atom stereocenters. The quantitative estimate of drug-likeness (QED) is 0.221. The second kappa shape index (κ2) is 9.14. The van der Waals surface area contributed by atoms with Crippen molar-refractivity contribution < 1.29 is 0 Å². The molecule has 2 heteroatoms. The van der Waals surface area contributed by atoms with Crippen LogP contribution in [0.25, 0.3) is 77.1 Å². The van der Waals surface area contributed by atoms with Crippen molar-refractivity contribution in [3.05, 3.63) is 146 Å². The van der Waals surface area contributed by atoms with Crippen molar-refractivity contribution in [2.75, 3.05) is 0 Å². The molecule has 0 saturated heterocycles. The fraction of sp³-hybridized carbons (Fsp3) is 0. The SMILES string of the molecule is c1ccc(-c2ccc(-c3ccc4ccc5c(-c6cccc(-c7ccccn7)c6)ccc6ccc3c4c65)cc2)nc1. The summed E-state index contributed by atoms with van der Waals surface area (Å²) in [6, 6.07) is 47.7. The van der Waals surface area contributed by atoms with E-state index < -0.39 is 0 Å². The first-order valence-electron chi connectivity index (χ1n) is 13.6. The third-order valence-electron chi connectivity index (χ3n) is 7.96. The number of hydrogen-bond acceptors (Lipinski definition) is 2. The van der Waals surface area contributed by atoms with E-state index in [0.717, 1.165) is 22.5 Å². The summed E-state index contributed by atoms with van der Waals surface area (Å²) in [4.78, 5) is 9.08. The summed E-state index contributed by atoms with van der Waals surface area (Å²) in [5, 5.41) is 7.73. The molecule has 8 rings (SSSR count). The molecule has 186 valence electrons. The van der Waals surface area contributed by atoms with Crippen LogP contribution in [0, 0.1) is 0 Å². The topological polar surface area (TPSA) is 25.8 Å². The highest BCUT2D eigenvalue weighted by Crippen LogP contribution is 2.42. The first-order valence-corrected chi connectivity index (χ1v) is 13.6. The molecule has 0 radical (unpaired) electrons. The lowest BCUT2D eigenvalue weighted by molar-refractivity contribution is 1.33. The molecule has 0 bridgehead atoms. The minimum absolute atomic E-state index is 0.987. The molecule has 6 aromatic carbocycles. The number of nitrogens with zero attached hydrogens (tertiary/aromatic N) is 2. The predicted octanol–water partition coefficient (Wildman–Crippen LogP) is 10.0. The monoisotopic (exact) mass is 508 g/mol. The van der Waals surface area contributed by atoms with Gasteiger partial charge in [0.05, 0.1) is 11.4 Å². The summed E-state index contributed by atoms with van der Waals surface area (Å²) in [6.07, 6.45) is 3.69. The second-order valence-corrected chi connectivity index (χ2v) is 10.2. The normalized spacial score (nSPS) is 11.5. The Balaban J connectivity index is 1.30. The van der Waals surface area contributed by atoms with Gasteiger partial charge < -0.3 is 0 Å². The van der Waals surface area contributed by atoms with Crippen LogP contribution in [0.1, 0.15) is 0 Å². The Kier molecular flexibility index (Phi) is 5.17. The Morgan fingerprint density at radius 2 is 0.875 bits per heavy atom. The van der Waals surface area contributed by atoms with Crippen LogP contribution in [0.4, 0.5) is 0 Å². The van der Waals surface area contributed by atoms with Crippen molar-refractivity contribution in [1.82, 2.24) is 9.97 Å². The van der Waals surface area contributed by atoms with Crippen LogP contribution in [-0.2, 0) is 0 Å². The molecular weight excluding hydrogens is 484 g/mol. The van der Waals surface area contributed by atoms with Gasteiger partial charge in [-0.15, -0.1) is 0 Å². The summed E-state index contributed by atoms with van der Waals surface area (Å²) in [6.45, 7) is 0. The lowest BCUT2D eigenvalue weighted by Crippen LogP contribution is -1.90. The van der Waals surface area contributed by atoms with Gasteiger partial charge in [-0.3, -0.25) is 9.97 Å². The zero-order chi connectivity index (χ0) is 26.5. The summed E-state index contributed by atoms with van der Waals surface area (Å²) in [5.41, 5.74) is 9.12. The Morgan fingerprint density at radius 1 is 0.350 bits per heavy atom. The molecular formula is C38H24N2. The number of pyridine rings is 2. The Hall–Kier alpha value is -5.34. The maximum atomic E-state index is 4.57. The van der Waals surface area contributed by atoms with Gasteiger partial charge in [-0.2, -0.15) is 0 Å². The van der Waals surface area contributed by atoms with Crippen LogP contribution in [0.3, 0.4) is 0 Å². The summed E-state index contributed by atoms with van der Waals surface area (Å²) in [5.74, 6) is 0. The summed E-state index contributed by atoms with van der Waals surface area (Å²) in [7, 11) is 0. The van der Waals surface area contributed by atoms with Gasteiger partial charge in [0.1, 0.15) is 0 Å². The zero-order valence-electron chi connectivity index (χ0n) is 21.8. The van der Waals surface area contributed by atoms with Gasteiger partial charge in [0.25, 0.3) is 0 Å². The van der Waals surface area contributed by atoms with Crippen LogP contribution in [0.15, 0.2) is 146 Å². The molecule has 2 heterocycles. The molecule has 0 aliphatic heterocycles. The number of aromatic nitrogens is 2. The number of hydrogen-bond donors (Lipinski definition) is 0. The summed E-state index contributed by atoms with van der Waals surface area (Å²) < 4.78 is 0. The molecule has 2 nitrogen and oxygen atoms in total. The number of benzene rings is 6. The van der Waals surface area contributed by atoms with Crippen LogP contribution < -0.4 is 0 Å². The summed E-state index contributed by atoms with van der Waals surface area (Å²) >= 11 is 0. The molecule has 0 atom stereocenters. The van der Waals surface area contributed by atoms with E-state index in [1.807, 2.05) is 36.7 Å². The van der Waals surface area contributed by atoms with E-state index >= 15 is 0 Å². The molecule has 0 aliphatic carbocycles. The Bertz CT molecular complexity index is 2130. The van der Waals surface area contributed by atoms with Crippen LogP contribution in [0.2, 0.25) is 0 Å². The van der Waals surface area contributed by atoms with Crippen molar-refractivity contribution >= 4 is 32.3 Å². The van der Waals surface area contributed by atoms with E-state index in [2.05, 4.69) is 119 Å². The molecule has 0 aliphatic rings. The highest BCUT2D eigenvalue weighted by Gasteiger charge is 2.15. The first-order chi connectivity index (χ1) is 19.8. The van der Waals surface area contributed by atoms with E-state index in [1.54, 1.807) is 0 Å². The molecule has 0 fully saturated rings. The van der Waals surface area contributed by atoms with Gasteiger partial charge >= 0.3 is 0 Å². The highest BCUT2D eigenvalue weighted by atomic mass is 14.7. The minimum Gasteiger partial charge on any atom is -0.256 e. The van der Waals surface area contributed by atoms with E-state index in [0.29, 0.717) is 0 Å². The molecule has 2 aromatic heterocycles. The van der Waals surface area contributed by atoms with Crippen molar-refractivity contribution in [1.29, 1.82) is 0 Å². The molecule has 0 N–H and O–H groups in total. The molecule has 0 spiro atoms. The molecule has 0 saturated carbocycles. The molecule has 0 amide bonds. The van der Waals surface area contributed by atoms with E-state index in [1.165, 1.54) is 54.6 Å². The highest BCUT2D eigenvalue weighted by molar-refractivity contribution is 6.27. The van der Waals surface area contributed by atoms with E-state index in [-0.39, 0.29) is 0 Å². The fourth-order valence-electron chi connectivity index (χ4n) is 6.04. The van der Waals surface area contributed by atoms with Crippen LogP contribution >= 0.6 is 0 Å². The zero-order valence-corrected chi connectivity index (χ0v) is 21.8. The van der Waals surface area contributed by atoms with E-state index in [9.17, 15) is 0 Å². The van der Waals surface area contributed by atoms with Crippen LogP contribution in [-0.4, -0.2) is 9.97 Å². The van der Waals surface area contributed by atoms with Crippen molar-refractivity contribution in [2.45, 2.75) is 0 Å². The second-order valence-electron chi connectivity index (χ2n) is 10.2. The van der Waals surface area contributed by atoms with Crippen molar-refractivity contribution in [3.63, 3.8) is 0 Å². The number of rotatable bonds is 4. The molecule has 8 aromatic rings. The predicted molar refractivity (Wildman–Crippen MR) is 167 cm³/mol. The van der Waals surface area contributed by atoms with Crippen molar-refractivity contribution in [3.8, 4) is 44.8 Å². The average Bonchev–Trinajstić information content (AvgIpc) is 3.04. The fourth-order valence-corrected chi connectivity index (χ4v) is 6.04. The molecule has 40 heavy (non-hydrogen) atoms. The minimum atomic E-state index is 0.987. The van der Waals surface area contributed by atoms with Crippen molar-refractivity contribution in [2.24, 2.45) is 0 Å². The van der Waals surface area contributed by atoms with Gasteiger partial charge in [0.15, 0.2) is 0 Å². The smallest absolute Gasteiger partial charge is 0.0702 e. The lowest BCUT2D eigenvalue weighted by Gasteiger charge is -2.17. The van der Waals surface area contributed by atoms with Gasteiger partial charge in [-0.25, -0.2) is 0 Å². The third-order valence-corrected chi connectivity index (χ3v) is 7.96. The van der Waals surface area contributed by atoms with Crippen LogP contribution in [0.5, 0.6) is 0 Å². The standard InChI is InChI=1S/C38H24N2/c1-3-22-39-35(8-1)26-12-10-25(11-13-26)31-18-14-27-17-21-34-32(19-15-28-16-20-33(31)37(27)38(28)34)29-6-5-7-30(24-29)36-9-2-4-23-40-36/h1-24H. The van der Waals surface area contributed by atoms with Gasteiger partial charge in [-0.1, -0.05) is 103 Å². The van der Waals surface area contributed by atoms with Gasteiger partial charge in [0.2, 0.25) is 0 Å². The Labute approximate surface area is 232 Å².